The van der Waals surface area contributed by atoms with Crippen LogP contribution in [-0.2, 0) is 11.3 Å². The molecule has 0 aliphatic heterocycles. The Morgan fingerprint density at radius 2 is 1.41 bits per heavy atom. The van der Waals surface area contributed by atoms with E-state index in [4.69, 9.17) is 48.7 Å². The Morgan fingerprint density at radius 1 is 0.892 bits per heavy atom. The molecule has 0 radical (unpaired) electrons. The predicted octanol–water partition coefficient (Wildman–Crippen LogP) is 2.66. The highest BCUT2D eigenvalue weighted by molar-refractivity contribution is 6.42. The van der Waals surface area contributed by atoms with Crippen molar-refractivity contribution in [2.24, 2.45) is 0 Å². The molecule has 0 heterocycles. The number of carboxylic acids is 1. The predicted molar refractivity (Wildman–Crippen MR) is 145 cm³/mol. The summed E-state index contributed by atoms with van der Waals surface area (Å²) in [4.78, 5) is 9.98. The van der Waals surface area contributed by atoms with Crippen LogP contribution in [0.5, 0.6) is 0 Å². The average Bonchev–Trinajstić information content (AvgIpc) is 2.86. The fourth-order valence-electron chi connectivity index (χ4n) is 3.90. The average molecular weight is 569 g/mol. The number of carboxylic acid groups (broad SMARTS) is 1. The van der Waals surface area contributed by atoms with Gasteiger partial charge in [-0.2, -0.15) is 0 Å². The summed E-state index contributed by atoms with van der Waals surface area (Å²) in [6.45, 7) is 3.55. The number of benzene rings is 1. The van der Waals surface area contributed by atoms with E-state index in [0.717, 1.165) is 16.6 Å². The summed E-state index contributed by atoms with van der Waals surface area (Å²) in [6.07, 6.45) is 5.79. The van der Waals surface area contributed by atoms with E-state index in [1.54, 1.807) is 0 Å². The smallest absolute Gasteiger partial charge is 0.122 e. The van der Waals surface area contributed by atoms with E-state index in [0.29, 0.717) is 10.0 Å². The van der Waals surface area contributed by atoms with Crippen LogP contribution in [0.15, 0.2) is 18.2 Å². The second-order valence-corrected chi connectivity index (χ2v) is 11.0. The van der Waals surface area contributed by atoms with Gasteiger partial charge in [-0.15, -0.1) is 0 Å². The van der Waals surface area contributed by atoms with E-state index in [1.807, 2.05) is 12.1 Å². The molecule has 0 amide bonds. The zero-order valence-electron chi connectivity index (χ0n) is 22.5. The minimum absolute atomic E-state index is 0.660. The van der Waals surface area contributed by atoms with Gasteiger partial charge in [0.25, 0.3) is 0 Å². The van der Waals surface area contributed by atoms with E-state index >= 15 is 0 Å². The molecule has 216 valence electrons. The van der Waals surface area contributed by atoms with Gasteiger partial charge in [0, 0.05) is 5.56 Å². The van der Waals surface area contributed by atoms with E-state index in [1.165, 1.54) is 70.8 Å². The monoisotopic (exact) mass is 567 g/mol. The SMILES string of the molecule is CCCCCCCCCCCC[N+](C)(C)Cc1cccc(Cl)c1Cl.O=C([O-])[C@H](O)[C@@H](O)[C@H](O)[C@H](O)CO. The highest BCUT2D eigenvalue weighted by atomic mass is 35.5. The van der Waals surface area contributed by atoms with Crippen LogP contribution < -0.4 is 5.11 Å². The Hall–Kier alpha value is -0.970. The highest BCUT2D eigenvalue weighted by Crippen LogP contribution is 2.27. The van der Waals surface area contributed by atoms with Crippen molar-refractivity contribution < 1.29 is 39.9 Å². The highest BCUT2D eigenvalue weighted by Gasteiger charge is 2.30. The van der Waals surface area contributed by atoms with Crippen molar-refractivity contribution in [3.05, 3.63) is 33.8 Å². The summed E-state index contributed by atoms with van der Waals surface area (Å²) in [5.41, 5.74) is 1.15. The first-order valence-electron chi connectivity index (χ1n) is 13.2. The van der Waals surface area contributed by atoms with E-state index in [2.05, 4.69) is 27.1 Å². The number of halogens is 2. The summed E-state index contributed by atoms with van der Waals surface area (Å²) in [5, 5.41) is 54.8. The Morgan fingerprint density at radius 3 is 1.89 bits per heavy atom. The quantitative estimate of drug-likeness (QED) is 0.135. The van der Waals surface area contributed by atoms with Gasteiger partial charge in [-0.05, 0) is 18.9 Å². The number of hydrogen-bond donors (Lipinski definition) is 5. The Labute approximate surface area is 232 Å². The maximum Gasteiger partial charge on any atom is 0.122 e. The number of unbranched alkanes of at least 4 members (excludes halogenated alkanes) is 9. The minimum atomic E-state index is -2.31. The molecule has 4 atom stereocenters. The molecule has 1 aromatic carbocycles. The number of aliphatic carboxylic acids is 1. The van der Waals surface area contributed by atoms with Crippen molar-refractivity contribution in [3.8, 4) is 0 Å². The molecular formula is C27H47Cl2NO7. The van der Waals surface area contributed by atoms with E-state index in [9.17, 15) is 9.90 Å². The molecule has 0 bridgehead atoms. The molecule has 0 aliphatic carbocycles. The number of hydrogen-bond acceptors (Lipinski definition) is 7. The Bertz CT molecular complexity index is 751. The van der Waals surface area contributed by atoms with Crippen LogP contribution in [0, 0.1) is 0 Å². The van der Waals surface area contributed by atoms with Gasteiger partial charge in [-0.25, -0.2) is 0 Å². The first kappa shape index (κ1) is 36.0. The molecule has 0 saturated heterocycles. The zero-order chi connectivity index (χ0) is 28.4. The maximum absolute atomic E-state index is 9.98. The number of carbonyl (C=O) groups excluding carboxylic acids is 1. The van der Waals surface area contributed by atoms with Crippen molar-refractivity contribution >= 4 is 29.2 Å². The summed E-state index contributed by atoms with van der Waals surface area (Å²) < 4.78 is 0.969. The summed E-state index contributed by atoms with van der Waals surface area (Å²) in [6, 6.07) is 5.94. The molecule has 0 aromatic heterocycles. The van der Waals surface area contributed by atoms with Gasteiger partial charge in [0.1, 0.15) is 31.0 Å². The molecule has 8 nitrogen and oxygen atoms in total. The molecule has 0 aliphatic rings. The largest absolute Gasteiger partial charge is 0.547 e. The molecule has 0 spiro atoms. The van der Waals surface area contributed by atoms with Gasteiger partial charge in [0.15, 0.2) is 0 Å². The van der Waals surface area contributed by atoms with Crippen molar-refractivity contribution in [3.63, 3.8) is 0 Å². The number of rotatable bonds is 18. The van der Waals surface area contributed by atoms with Crippen molar-refractivity contribution in [1.29, 1.82) is 0 Å². The lowest BCUT2D eigenvalue weighted by Gasteiger charge is -2.30. The molecule has 1 aromatic rings. The second-order valence-electron chi connectivity index (χ2n) is 10.2. The lowest BCUT2D eigenvalue weighted by molar-refractivity contribution is -0.903. The first-order chi connectivity index (χ1) is 17.4. The number of quaternary nitrogens is 1. The van der Waals surface area contributed by atoms with E-state index < -0.39 is 37.0 Å². The lowest BCUT2D eigenvalue weighted by atomic mass is 10.0. The van der Waals surface area contributed by atoms with Gasteiger partial charge >= 0.3 is 0 Å². The lowest BCUT2D eigenvalue weighted by Crippen LogP contribution is -2.52. The van der Waals surface area contributed by atoms with Gasteiger partial charge in [-0.3, -0.25) is 0 Å². The summed E-state index contributed by atoms with van der Waals surface area (Å²) >= 11 is 12.4. The summed E-state index contributed by atoms with van der Waals surface area (Å²) in [5.74, 6) is -1.98. The Kier molecular flexibility index (Phi) is 19.5. The first-order valence-corrected chi connectivity index (χ1v) is 13.9. The second kappa shape index (κ2) is 20.0. The van der Waals surface area contributed by atoms with E-state index in [-0.39, 0.29) is 0 Å². The molecule has 37 heavy (non-hydrogen) atoms. The number of carbonyl (C=O) groups is 1. The third-order valence-corrected chi connectivity index (χ3v) is 7.10. The topological polar surface area (TPSA) is 141 Å². The van der Waals surface area contributed by atoms with Crippen LogP contribution >= 0.6 is 23.2 Å². The molecule has 0 fully saturated rings. The third kappa shape index (κ3) is 15.9. The van der Waals surface area contributed by atoms with Crippen LogP contribution in [0.4, 0.5) is 0 Å². The van der Waals surface area contributed by atoms with Crippen molar-refractivity contribution in [1.82, 2.24) is 0 Å². The fraction of sp³-hybridized carbons (Fsp3) is 0.741. The normalized spacial score (nSPS) is 14.9. The third-order valence-electron chi connectivity index (χ3n) is 6.24. The number of aliphatic hydroxyl groups excluding tert-OH is 5. The molecule has 10 heteroatoms. The number of aliphatic hydroxyl groups is 5. The minimum Gasteiger partial charge on any atom is -0.547 e. The molecular weight excluding hydrogens is 521 g/mol. The van der Waals surface area contributed by atoms with Crippen molar-refractivity contribution in [2.45, 2.75) is 102 Å². The van der Waals surface area contributed by atoms with Gasteiger partial charge < -0.3 is 39.9 Å². The zero-order valence-corrected chi connectivity index (χ0v) is 24.0. The van der Waals surface area contributed by atoms with Crippen molar-refractivity contribution in [2.75, 3.05) is 27.2 Å². The molecule has 0 saturated carbocycles. The number of nitrogens with zero attached hydrogens (tertiary/aromatic N) is 1. The Balaban J connectivity index is 0.000000845. The van der Waals surface area contributed by atoms with Crippen LogP contribution in [0.25, 0.3) is 0 Å². The maximum atomic E-state index is 9.98. The van der Waals surface area contributed by atoms with Gasteiger partial charge in [0.2, 0.25) is 0 Å². The van der Waals surface area contributed by atoms with Crippen LogP contribution in [0.1, 0.15) is 76.7 Å². The summed E-state index contributed by atoms with van der Waals surface area (Å²) in [7, 11) is 4.57. The van der Waals surface area contributed by atoms with Crippen LogP contribution in [0.2, 0.25) is 10.0 Å². The standard InChI is InChI=1S/C21H36Cl2N.C6H12O7/c1-4-5-6-7-8-9-10-11-12-13-17-24(2,3)18-19-15-14-16-20(22)21(19)23;7-1-2(8)3(9)4(10)5(11)6(12)13/h14-16H,4-13,17-18H2,1-3H3;2-5,7-11H,1H2,(H,12,13)/q+1;/p-1/t;2-,3-,4+,5-/m.1/s1. The molecule has 0 unspecified atom stereocenters. The van der Waals surface area contributed by atoms with Crippen LogP contribution in [0.3, 0.4) is 0 Å². The van der Waals surface area contributed by atoms with Crippen LogP contribution in [-0.4, -0.2) is 87.6 Å². The fourth-order valence-corrected chi connectivity index (χ4v) is 4.28. The molecule has 1 rings (SSSR count). The van der Waals surface area contributed by atoms with Gasteiger partial charge in [-0.1, -0.05) is 93.6 Å². The van der Waals surface area contributed by atoms with Gasteiger partial charge in [0.05, 0.1) is 43.3 Å². The molecule has 5 N–H and O–H groups in total.